The highest BCUT2D eigenvalue weighted by atomic mass is 16.7. The normalized spacial score (nSPS) is 13.8. The van der Waals surface area contributed by atoms with E-state index in [2.05, 4.69) is 5.32 Å². The van der Waals surface area contributed by atoms with Crippen molar-refractivity contribution in [1.29, 1.82) is 0 Å². The van der Waals surface area contributed by atoms with E-state index < -0.39 is 0 Å². The van der Waals surface area contributed by atoms with Crippen molar-refractivity contribution in [1.82, 2.24) is 4.90 Å². The van der Waals surface area contributed by atoms with Gasteiger partial charge in [0.15, 0.2) is 11.5 Å². The van der Waals surface area contributed by atoms with Crippen LogP contribution in [0.15, 0.2) is 54.2 Å². The number of ether oxygens (including phenoxy) is 4. The van der Waals surface area contributed by atoms with Crippen LogP contribution in [0.5, 0.6) is 23.0 Å². The summed E-state index contributed by atoms with van der Waals surface area (Å²) in [7, 11) is 5.05. The number of allylic oxidation sites excluding steroid dienone is 1. The number of likely N-dealkylation sites (N-methyl/N-ethyl adjacent to an activating group) is 1. The van der Waals surface area contributed by atoms with E-state index in [1.54, 1.807) is 50.6 Å². The lowest BCUT2D eigenvalue weighted by Crippen LogP contribution is -2.24. The van der Waals surface area contributed by atoms with Gasteiger partial charge in [-0.25, -0.2) is 0 Å². The molecular formula is C29H28N2O6. The van der Waals surface area contributed by atoms with E-state index in [9.17, 15) is 9.59 Å². The van der Waals surface area contributed by atoms with Gasteiger partial charge in [0.25, 0.3) is 5.91 Å². The second-order valence-electron chi connectivity index (χ2n) is 8.96. The summed E-state index contributed by atoms with van der Waals surface area (Å²) in [5, 5.41) is 2.93. The highest BCUT2D eigenvalue weighted by molar-refractivity contribution is 6.12. The van der Waals surface area contributed by atoms with E-state index in [-0.39, 0.29) is 18.5 Å². The number of aryl methyl sites for hydroxylation is 1. The zero-order chi connectivity index (χ0) is 26.1. The minimum absolute atomic E-state index is 0.137. The number of carbonyl (C=O) groups is 2. The predicted octanol–water partition coefficient (Wildman–Crippen LogP) is 4.70. The van der Waals surface area contributed by atoms with Crippen LogP contribution in [-0.4, -0.2) is 51.2 Å². The molecule has 0 atom stereocenters. The average molecular weight is 501 g/mol. The number of amides is 1. The molecule has 3 aromatic rings. The minimum Gasteiger partial charge on any atom is -0.497 e. The number of carbonyl (C=O) groups excluding carboxylic acids is 2. The Balaban J connectivity index is 1.47. The third kappa shape index (κ3) is 4.58. The Morgan fingerprint density at radius 1 is 0.973 bits per heavy atom. The summed E-state index contributed by atoms with van der Waals surface area (Å²) in [5.74, 6) is 2.00. The van der Waals surface area contributed by atoms with Gasteiger partial charge in [0, 0.05) is 36.0 Å². The maximum Gasteiger partial charge on any atom is 0.255 e. The van der Waals surface area contributed by atoms with Crippen molar-refractivity contribution in [2.24, 2.45) is 0 Å². The molecule has 3 aromatic carbocycles. The van der Waals surface area contributed by atoms with E-state index in [4.69, 9.17) is 18.9 Å². The molecule has 2 aliphatic heterocycles. The SMILES string of the molecule is COc1ccc(C(=O)Nc2cc(C(=O)C3=Cc4c(cc5c(c4OC)OCO5)CCN3C)ccc2C)cc1. The van der Waals surface area contributed by atoms with Crippen LogP contribution in [0, 0.1) is 6.92 Å². The van der Waals surface area contributed by atoms with Crippen molar-refractivity contribution >= 4 is 23.5 Å². The second-order valence-corrected chi connectivity index (χ2v) is 8.96. The van der Waals surface area contributed by atoms with E-state index in [0.29, 0.717) is 58.5 Å². The molecule has 0 saturated carbocycles. The Labute approximate surface area is 215 Å². The minimum atomic E-state index is -0.268. The van der Waals surface area contributed by atoms with Gasteiger partial charge in [0.2, 0.25) is 18.3 Å². The maximum absolute atomic E-state index is 13.8. The molecule has 0 radical (unpaired) electrons. The fourth-order valence-electron chi connectivity index (χ4n) is 4.52. The van der Waals surface area contributed by atoms with Gasteiger partial charge in [-0.3, -0.25) is 9.59 Å². The number of rotatable bonds is 6. The lowest BCUT2D eigenvalue weighted by atomic mass is 10.00. The summed E-state index contributed by atoms with van der Waals surface area (Å²) in [5.41, 5.74) is 4.73. The molecule has 0 bridgehead atoms. The zero-order valence-electron chi connectivity index (χ0n) is 21.2. The van der Waals surface area contributed by atoms with Crippen LogP contribution < -0.4 is 24.3 Å². The summed E-state index contributed by atoms with van der Waals surface area (Å²) >= 11 is 0. The number of Topliss-reactive ketones (excluding diaryl/α,β-unsaturated/α-hetero) is 1. The van der Waals surface area contributed by atoms with Crippen molar-refractivity contribution in [3.63, 3.8) is 0 Å². The first-order valence-electron chi connectivity index (χ1n) is 11.9. The largest absolute Gasteiger partial charge is 0.497 e. The van der Waals surface area contributed by atoms with E-state index in [1.165, 1.54) is 0 Å². The molecule has 0 aromatic heterocycles. The van der Waals surface area contributed by atoms with E-state index in [1.807, 2.05) is 37.1 Å². The zero-order valence-corrected chi connectivity index (χ0v) is 21.2. The highest BCUT2D eigenvalue weighted by Crippen LogP contribution is 2.46. The molecule has 0 fully saturated rings. The molecule has 2 heterocycles. The fraction of sp³-hybridized carbons (Fsp3) is 0.241. The molecule has 1 N–H and O–H groups in total. The van der Waals surface area contributed by atoms with Crippen LogP contribution in [0.3, 0.4) is 0 Å². The van der Waals surface area contributed by atoms with Crippen LogP contribution in [-0.2, 0) is 6.42 Å². The number of nitrogens with one attached hydrogen (secondary N) is 1. The number of methoxy groups -OCH3 is 2. The van der Waals surface area contributed by atoms with Gasteiger partial charge in [-0.05, 0) is 66.9 Å². The van der Waals surface area contributed by atoms with Gasteiger partial charge in [-0.15, -0.1) is 0 Å². The van der Waals surface area contributed by atoms with Gasteiger partial charge in [-0.2, -0.15) is 0 Å². The number of hydrogen-bond acceptors (Lipinski definition) is 7. The monoisotopic (exact) mass is 500 g/mol. The summed E-state index contributed by atoms with van der Waals surface area (Å²) in [6.07, 6.45) is 2.56. The second kappa shape index (κ2) is 9.89. The molecule has 0 unspecified atom stereocenters. The third-order valence-electron chi connectivity index (χ3n) is 6.69. The third-order valence-corrected chi connectivity index (χ3v) is 6.69. The Bertz CT molecular complexity index is 1410. The maximum atomic E-state index is 13.8. The lowest BCUT2D eigenvalue weighted by molar-refractivity contribution is 0.0997. The Morgan fingerprint density at radius 2 is 1.73 bits per heavy atom. The van der Waals surface area contributed by atoms with Gasteiger partial charge in [0.05, 0.1) is 19.9 Å². The molecule has 0 aliphatic carbocycles. The van der Waals surface area contributed by atoms with Gasteiger partial charge < -0.3 is 29.2 Å². The molecule has 37 heavy (non-hydrogen) atoms. The fourth-order valence-corrected chi connectivity index (χ4v) is 4.52. The molecule has 8 heteroatoms. The van der Waals surface area contributed by atoms with Gasteiger partial charge >= 0.3 is 0 Å². The number of ketones is 1. The van der Waals surface area contributed by atoms with Crippen molar-refractivity contribution in [3.8, 4) is 23.0 Å². The average Bonchev–Trinajstić information content (AvgIpc) is 3.32. The van der Waals surface area contributed by atoms with Crippen LogP contribution in [0.25, 0.3) is 6.08 Å². The van der Waals surface area contributed by atoms with Crippen molar-refractivity contribution in [3.05, 3.63) is 82.0 Å². The standard InChI is InChI=1S/C29H28N2O6/c1-17-5-6-20(13-23(17)30-29(33)18-7-9-21(34-3)10-8-18)26(32)24-15-22-19(11-12-31(24)2)14-25-28(27(22)35-4)37-16-36-25/h5-10,13-15H,11-12,16H2,1-4H3,(H,30,33). The number of benzene rings is 3. The first-order chi connectivity index (χ1) is 17.9. The van der Waals surface area contributed by atoms with Crippen LogP contribution in [0.1, 0.15) is 37.4 Å². The highest BCUT2D eigenvalue weighted by Gasteiger charge is 2.28. The molecule has 8 nitrogen and oxygen atoms in total. The van der Waals surface area contributed by atoms with Crippen LogP contribution >= 0.6 is 0 Å². The van der Waals surface area contributed by atoms with E-state index in [0.717, 1.165) is 16.7 Å². The first kappa shape index (κ1) is 24.2. The Hall–Kier alpha value is -4.46. The topological polar surface area (TPSA) is 86.3 Å². The molecule has 190 valence electrons. The lowest BCUT2D eigenvalue weighted by Gasteiger charge is -2.20. The van der Waals surface area contributed by atoms with Gasteiger partial charge in [-0.1, -0.05) is 12.1 Å². The van der Waals surface area contributed by atoms with Crippen LogP contribution in [0.2, 0.25) is 0 Å². The summed E-state index contributed by atoms with van der Waals surface area (Å²) in [6, 6.07) is 14.1. The Morgan fingerprint density at radius 3 is 2.46 bits per heavy atom. The summed E-state index contributed by atoms with van der Waals surface area (Å²) in [4.78, 5) is 28.6. The molecule has 2 aliphatic rings. The van der Waals surface area contributed by atoms with E-state index >= 15 is 0 Å². The molecule has 0 spiro atoms. The van der Waals surface area contributed by atoms with Crippen LogP contribution in [0.4, 0.5) is 5.69 Å². The number of hydrogen-bond donors (Lipinski definition) is 1. The quantitative estimate of drug-likeness (QED) is 0.491. The molecular weight excluding hydrogens is 472 g/mol. The number of fused-ring (bicyclic) bond motifs is 2. The molecule has 5 rings (SSSR count). The van der Waals surface area contributed by atoms with Crippen molar-refractivity contribution in [2.45, 2.75) is 13.3 Å². The van der Waals surface area contributed by atoms with Crippen molar-refractivity contribution < 1.29 is 28.5 Å². The number of anilines is 1. The van der Waals surface area contributed by atoms with Crippen molar-refractivity contribution in [2.75, 3.05) is 39.9 Å². The first-order valence-corrected chi connectivity index (χ1v) is 11.9. The van der Waals surface area contributed by atoms with Gasteiger partial charge in [0.1, 0.15) is 5.75 Å². The molecule has 0 saturated heterocycles. The molecule has 1 amide bonds. The predicted molar refractivity (Wildman–Crippen MR) is 140 cm³/mol. The summed E-state index contributed by atoms with van der Waals surface area (Å²) in [6.45, 7) is 2.66. The number of nitrogens with zero attached hydrogens (tertiary/aromatic N) is 1. The smallest absolute Gasteiger partial charge is 0.255 e. The summed E-state index contributed by atoms with van der Waals surface area (Å²) < 4.78 is 22.0. The Kier molecular flexibility index (Phi) is 6.48.